The Kier molecular flexibility index (Phi) is 2.69. The third-order valence-corrected chi connectivity index (χ3v) is 3.93. The molecule has 1 aliphatic carbocycles. The molecule has 0 aromatic carbocycles. The normalized spacial score (nSPS) is 31.3. The lowest BCUT2D eigenvalue weighted by molar-refractivity contribution is 0.143. The van der Waals surface area contributed by atoms with Gasteiger partial charge in [0.15, 0.2) is 0 Å². The number of H-pyrrole nitrogens is 1. The largest absolute Gasteiger partial charge is 0.327 e. The second-order valence-electron chi connectivity index (χ2n) is 5.12. The number of fused-ring (bicyclic) bond motifs is 1. The fraction of sp³-hybridized carbons (Fsp3) is 0.750. The molecule has 0 amide bonds. The van der Waals surface area contributed by atoms with Crippen molar-refractivity contribution in [1.82, 2.24) is 15.1 Å². The van der Waals surface area contributed by atoms with Crippen molar-refractivity contribution in [2.45, 2.75) is 44.2 Å². The van der Waals surface area contributed by atoms with Crippen LogP contribution in [-0.4, -0.2) is 34.2 Å². The quantitative estimate of drug-likeness (QED) is 0.748. The minimum atomic E-state index is 0.292. The third kappa shape index (κ3) is 1.76. The molecular formula is C12H20N4. The van der Waals surface area contributed by atoms with E-state index in [2.05, 4.69) is 15.1 Å². The lowest BCUT2D eigenvalue weighted by atomic mass is 9.88. The molecule has 0 saturated carbocycles. The Hall–Kier alpha value is -0.870. The molecule has 0 spiro atoms. The Morgan fingerprint density at radius 3 is 2.94 bits per heavy atom. The van der Waals surface area contributed by atoms with Crippen molar-refractivity contribution in [3.05, 3.63) is 17.5 Å². The highest BCUT2D eigenvalue weighted by atomic mass is 15.2. The molecule has 1 aromatic rings. The number of hydrogen-bond donors (Lipinski definition) is 2. The van der Waals surface area contributed by atoms with E-state index in [9.17, 15) is 0 Å². The predicted octanol–water partition coefficient (Wildman–Crippen LogP) is 1.21. The van der Waals surface area contributed by atoms with Gasteiger partial charge in [-0.05, 0) is 32.4 Å². The van der Waals surface area contributed by atoms with Gasteiger partial charge in [0.05, 0.1) is 6.20 Å². The molecule has 88 valence electrons. The Morgan fingerprint density at radius 1 is 1.31 bits per heavy atom. The van der Waals surface area contributed by atoms with Gasteiger partial charge >= 0.3 is 0 Å². The molecule has 1 aromatic heterocycles. The molecule has 4 nitrogen and oxygen atoms in total. The van der Waals surface area contributed by atoms with Crippen LogP contribution in [0.3, 0.4) is 0 Å². The van der Waals surface area contributed by atoms with Gasteiger partial charge in [0, 0.05) is 29.8 Å². The SMILES string of the molecule is NC1Cc2[nH]ncc2C(N2CCCCC2)C1. The van der Waals surface area contributed by atoms with E-state index < -0.39 is 0 Å². The molecule has 3 N–H and O–H groups in total. The van der Waals surface area contributed by atoms with E-state index in [0.29, 0.717) is 12.1 Å². The first-order valence-electron chi connectivity index (χ1n) is 6.36. The maximum Gasteiger partial charge on any atom is 0.0538 e. The number of aromatic amines is 1. The van der Waals surface area contributed by atoms with Crippen molar-refractivity contribution in [3.8, 4) is 0 Å². The highest BCUT2D eigenvalue weighted by molar-refractivity contribution is 5.25. The Bertz CT molecular complexity index is 354. The van der Waals surface area contributed by atoms with Gasteiger partial charge in [0.2, 0.25) is 0 Å². The Morgan fingerprint density at radius 2 is 2.12 bits per heavy atom. The first-order valence-corrected chi connectivity index (χ1v) is 6.36. The summed E-state index contributed by atoms with van der Waals surface area (Å²) in [4.78, 5) is 2.59. The van der Waals surface area contributed by atoms with Gasteiger partial charge in [-0.2, -0.15) is 5.10 Å². The van der Waals surface area contributed by atoms with Gasteiger partial charge in [0.25, 0.3) is 0 Å². The summed E-state index contributed by atoms with van der Waals surface area (Å²) < 4.78 is 0. The van der Waals surface area contributed by atoms with Crippen LogP contribution >= 0.6 is 0 Å². The fourth-order valence-corrected chi connectivity index (χ4v) is 3.11. The fourth-order valence-electron chi connectivity index (χ4n) is 3.11. The molecule has 3 rings (SSSR count). The van der Waals surface area contributed by atoms with Gasteiger partial charge in [-0.15, -0.1) is 0 Å². The highest BCUT2D eigenvalue weighted by Gasteiger charge is 2.31. The third-order valence-electron chi connectivity index (χ3n) is 3.93. The van der Waals surface area contributed by atoms with E-state index in [4.69, 9.17) is 5.73 Å². The smallest absolute Gasteiger partial charge is 0.0538 e. The maximum atomic E-state index is 6.13. The molecule has 0 radical (unpaired) electrons. The summed E-state index contributed by atoms with van der Waals surface area (Å²) in [5.41, 5.74) is 8.78. The van der Waals surface area contributed by atoms with Crippen molar-refractivity contribution >= 4 is 0 Å². The van der Waals surface area contributed by atoms with E-state index in [1.807, 2.05) is 6.20 Å². The molecular weight excluding hydrogens is 200 g/mol. The van der Waals surface area contributed by atoms with Gasteiger partial charge < -0.3 is 5.73 Å². The van der Waals surface area contributed by atoms with Crippen molar-refractivity contribution in [1.29, 1.82) is 0 Å². The zero-order valence-electron chi connectivity index (χ0n) is 9.65. The van der Waals surface area contributed by atoms with Gasteiger partial charge in [-0.3, -0.25) is 10.00 Å². The summed E-state index contributed by atoms with van der Waals surface area (Å²) in [6.07, 6.45) is 8.10. The lowest BCUT2D eigenvalue weighted by Crippen LogP contribution is -2.40. The van der Waals surface area contributed by atoms with Gasteiger partial charge in [-0.25, -0.2) is 0 Å². The van der Waals surface area contributed by atoms with E-state index in [0.717, 1.165) is 12.8 Å². The van der Waals surface area contributed by atoms with Gasteiger partial charge in [0.1, 0.15) is 0 Å². The molecule has 4 heteroatoms. The van der Waals surface area contributed by atoms with Crippen LogP contribution in [-0.2, 0) is 6.42 Å². The van der Waals surface area contributed by atoms with E-state index in [1.54, 1.807) is 0 Å². The summed E-state index contributed by atoms with van der Waals surface area (Å²) in [7, 11) is 0. The monoisotopic (exact) mass is 220 g/mol. The van der Waals surface area contributed by atoms with Crippen LogP contribution in [0.15, 0.2) is 6.20 Å². The van der Waals surface area contributed by atoms with Crippen LogP contribution in [0.4, 0.5) is 0 Å². The second-order valence-corrected chi connectivity index (χ2v) is 5.12. The first kappa shape index (κ1) is 10.3. The standard InChI is InChI=1S/C12H20N4/c13-9-6-11-10(8-14-15-11)12(7-9)16-4-2-1-3-5-16/h8-9,12H,1-7,13H2,(H,14,15). The number of nitrogens with two attached hydrogens (primary N) is 1. The summed E-state index contributed by atoms with van der Waals surface area (Å²) in [6, 6.07) is 0.803. The van der Waals surface area contributed by atoms with Crippen LogP contribution in [0.2, 0.25) is 0 Å². The van der Waals surface area contributed by atoms with Crippen molar-refractivity contribution in [2.75, 3.05) is 13.1 Å². The number of piperidine rings is 1. The molecule has 0 bridgehead atoms. The summed E-state index contributed by atoms with van der Waals surface area (Å²) in [5, 5.41) is 7.28. The molecule has 2 unspecified atom stereocenters. The molecule has 1 fully saturated rings. The second kappa shape index (κ2) is 4.18. The zero-order chi connectivity index (χ0) is 11.0. The Balaban J connectivity index is 1.84. The Labute approximate surface area is 96.2 Å². The van der Waals surface area contributed by atoms with Crippen LogP contribution in [0.25, 0.3) is 0 Å². The topological polar surface area (TPSA) is 57.9 Å². The number of nitrogens with zero attached hydrogens (tertiary/aromatic N) is 2. The minimum absolute atomic E-state index is 0.292. The van der Waals surface area contributed by atoms with Crippen LogP contribution in [0, 0.1) is 0 Å². The van der Waals surface area contributed by atoms with Crippen molar-refractivity contribution < 1.29 is 0 Å². The molecule has 1 saturated heterocycles. The van der Waals surface area contributed by atoms with Crippen molar-refractivity contribution in [3.63, 3.8) is 0 Å². The number of likely N-dealkylation sites (tertiary alicyclic amines) is 1. The van der Waals surface area contributed by atoms with Crippen molar-refractivity contribution in [2.24, 2.45) is 5.73 Å². The average Bonchev–Trinajstić information content (AvgIpc) is 2.77. The molecule has 1 aliphatic heterocycles. The van der Waals surface area contributed by atoms with E-state index >= 15 is 0 Å². The molecule has 2 aliphatic rings. The number of aromatic nitrogens is 2. The number of nitrogens with one attached hydrogen (secondary N) is 1. The average molecular weight is 220 g/mol. The summed E-state index contributed by atoms with van der Waals surface area (Å²) in [6.45, 7) is 2.45. The van der Waals surface area contributed by atoms with E-state index in [-0.39, 0.29) is 0 Å². The van der Waals surface area contributed by atoms with E-state index in [1.165, 1.54) is 43.6 Å². The maximum absolute atomic E-state index is 6.13. The lowest BCUT2D eigenvalue weighted by Gasteiger charge is -2.38. The first-order chi connectivity index (χ1) is 7.84. The van der Waals surface area contributed by atoms with Crippen LogP contribution < -0.4 is 5.73 Å². The number of hydrogen-bond acceptors (Lipinski definition) is 3. The van der Waals surface area contributed by atoms with Gasteiger partial charge in [-0.1, -0.05) is 6.42 Å². The van der Waals surface area contributed by atoms with Crippen LogP contribution in [0.5, 0.6) is 0 Å². The minimum Gasteiger partial charge on any atom is -0.327 e. The van der Waals surface area contributed by atoms with Crippen LogP contribution in [0.1, 0.15) is 43.0 Å². The predicted molar refractivity (Wildman–Crippen MR) is 63.0 cm³/mol. The molecule has 16 heavy (non-hydrogen) atoms. The number of rotatable bonds is 1. The zero-order valence-corrected chi connectivity index (χ0v) is 9.65. The summed E-state index contributed by atoms with van der Waals surface area (Å²) in [5.74, 6) is 0. The highest BCUT2D eigenvalue weighted by Crippen LogP contribution is 2.34. The summed E-state index contributed by atoms with van der Waals surface area (Å²) >= 11 is 0. The molecule has 2 atom stereocenters. The molecule has 2 heterocycles.